The molecule has 0 aliphatic carbocycles. The Morgan fingerprint density at radius 1 is 1.18 bits per heavy atom. The predicted octanol–water partition coefficient (Wildman–Crippen LogP) is 7.41. The van der Waals surface area contributed by atoms with Crippen LogP contribution in [-0.4, -0.2) is 37.0 Å². The van der Waals surface area contributed by atoms with Gasteiger partial charge in [0.25, 0.3) is 11.6 Å². The Morgan fingerprint density at radius 2 is 1.93 bits per heavy atom. The number of hydrogen-bond donors (Lipinski definition) is 2. The highest BCUT2D eigenvalue weighted by Crippen LogP contribution is 2.31. The zero-order valence-corrected chi connectivity index (χ0v) is 26.3. The fraction of sp³-hybridized carbons (Fsp3) is 0.323. The lowest BCUT2D eigenvalue weighted by atomic mass is 9.99. The number of hydrazine groups is 1. The lowest BCUT2D eigenvalue weighted by Gasteiger charge is -2.29. The minimum atomic E-state index is -4.54. The number of hydrogen-bond acceptors (Lipinski definition) is 7. The summed E-state index contributed by atoms with van der Waals surface area (Å²) >= 11 is 7.11. The summed E-state index contributed by atoms with van der Waals surface area (Å²) in [7, 11) is 0. The van der Waals surface area contributed by atoms with E-state index >= 15 is 0 Å². The largest absolute Gasteiger partial charge is 0.416 e. The van der Waals surface area contributed by atoms with Crippen molar-refractivity contribution in [3.05, 3.63) is 110 Å². The SMILES string of the molecule is CC[C@H](C)CCNN(C(=O)C(Cc1cccs1)c1cncn1Cc1ccc([N+](=O)[O-])cc1)C(=S)Nc1cccc(C(F)(F)F)c1. The van der Waals surface area contributed by atoms with E-state index in [0.29, 0.717) is 31.1 Å². The molecule has 0 spiro atoms. The zero-order chi connectivity index (χ0) is 32.6. The van der Waals surface area contributed by atoms with Gasteiger partial charge < -0.3 is 9.88 Å². The van der Waals surface area contributed by atoms with Crippen LogP contribution >= 0.6 is 23.6 Å². The number of imidazole rings is 1. The number of thiocarbonyl (C=S) groups is 1. The normalized spacial score (nSPS) is 12.8. The molecular weight excluding hydrogens is 626 g/mol. The fourth-order valence-corrected chi connectivity index (χ4v) is 5.63. The Labute approximate surface area is 268 Å². The fourth-order valence-electron chi connectivity index (χ4n) is 4.61. The smallest absolute Gasteiger partial charge is 0.331 e. The minimum Gasteiger partial charge on any atom is -0.331 e. The molecule has 0 aliphatic rings. The molecule has 4 rings (SSSR count). The average Bonchev–Trinajstić information content (AvgIpc) is 3.70. The van der Waals surface area contributed by atoms with Crippen LogP contribution in [0.3, 0.4) is 0 Å². The second-order valence-corrected chi connectivity index (χ2v) is 12.0. The van der Waals surface area contributed by atoms with Crippen molar-refractivity contribution in [1.29, 1.82) is 0 Å². The van der Waals surface area contributed by atoms with E-state index in [9.17, 15) is 28.1 Å². The Hall–Kier alpha value is -4.14. The van der Waals surface area contributed by atoms with Gasteiger partial charge in [0, 0.05) is 42.0 Å². The summed E-state index contributed by atoms with van der Waals surface area (Å²) in [5.41, 5.74) is 3.70. The Morgan fingerprint density at radius 3 is 2.58 bits per heavy atom. The monoisotopic (exact) mass is 658 g/mol. The Balaban J connectivity index is 1.66. The highest BCUT2D eigenvalue weighted by molar-refractivity contribution is 7.80. The third kappa shape index (κ3) is 9.19. The number of carbonyl (C=O) groups excluding carboxylic acids is 1. The number of non-ortho nitro benzene ring substituents is 1. The van der Waals surface area contributed by atoms with Gasteiger partial charge in [-0.1, -0.05) is 44.5 Å². The minimum absolute atomic E-state index is 0.0313. The van der Waals surface area contributed by atoms with Crippen molar-refractivity contribution in [3.8, 4) is 0 Å². The van der Waals surface area contributed by atoms with Crippen LogP contribution < -0.4 is 10.7 Å². The predicted molar refractivity (Wildman–Crippen MR) is 172 cm³/mol. The number of aromatic nitrogens is 2. The summed E-state index contributed by atoms with van der Waals surface area (Å²) in [6, 6.07) is 14.6. The first-order valence-corrected chi connectivity index (χ1v) is 15.6. The van der Waals surface area contributed by atoms with E-state index in [4.69, 9.17) is 12.2 Å². The molecule has 9 nitrogen and oxygen atoms in total. The van der Waals surface area contributed by atoms with Gasteiger partial charge in [-0.25, -0.2) is 15.4 Å². The van der Waals surface area contributed by atoms with Crippen molar-refractivity contribution in [2.75, 3.05) is 11.9 Å². The van der Waals surface area contributed by atoms with Crippen LogP contribution in [0.15, 0.2) is 78.6 Å². The molecule has 0 bridgehead atoms. The molecule has 1 unspecified atom stereocenters. The van der Waals surface area contributed by atoms with Gasteiger partial charge in [-0.15, -0.1) is 11.3 Å². The number of amides is 1. The van der Waals surface area contributed by atoms with Crippen molar-refractivity contribution in [3.63, 3.8) is 0 Å². The Kier molecular flexibility index (Phi) is 11.4. The van der Waals surface area contributed by atoms with Crippen LogP contribution in [0.25, 0.3) is 0 Å². The number of benzene rings is 2. The second kappa shape index (κ2) is 15.2. The summed E-state index contributed by atoms with van der Waals surface area (Å²) in [5.74, 6) is -0.825. The molecule has 2 N–H and O–H groups in total. The maximum atomic E-state index is 14.4. The van der Waals surface area contributed by atoms with E-state index in [0.717, 1.165) is 35.4 Å². The van der Waals surface area contributed by atoms with Crippen LogP contribution in [0, 0.1) is 16.0 Å². The van der Waals surface area contributed by atoms with E-state index in [2.05, 4.69) is 29.6 Å². The summed E-state index contributed by atoms with van der Waals surface area (Å²) in [6.45, 7) is 4.86. The number of rotatable bonds is 13. The zero-order valence-electron chi connectivity index (χ0n) is 24.7. The molecule has 2 atom stereocenters. The number of nitrogens with zero attached hydrogens (tertiary/aromatic N) is 4. The molecule has 0 saturated carbocycles. The van der Waals surface area contributed by atoms with Crippen LogP contribution in [0.1, 0.15) is 54.3 Å². The van der Waals surface area contributed by atoms with E-state index in [1.54, 1.807) is 29.2 Å². The van der Waals surface area contributed by atoms with Gasteiger partial charge in [0.15, 0.2) is 5.11 Å². The summed E-state index contributed by atoms with van der Waals surface area (Å²) in [6.07, 6.45) is 0.633. The first kappa shape index (κ1) is 33.7. The number of halogens is 3. The van der Waals surface area contributed by atoms with Gasteiger partial charge in [0.2, 0.25) is 0 Å². The lowest BCUT2D eigenvalue weighted by Crippen LogP contribution is -2.51. The van der Waals surface area contributed by atoms with Crippen molar-refractivity contribution in [2.24, 2.45) is 5.92 Å². The molecular formula is C31H33F3N6O3S2. The molecule has 2 aromatic carbocycles. The molecule has 0 aliphatic heterocycles. The van der Waals surface area contributed by atoms with Crippen molar-refractivity contribution >= 4 is 45.9 Å². The number of nitro groups is 1. The van der Waals surface area contributed by atoms with E-state index in [-0.39, 0.29) is 16.5 Å². The highest BCUT2D eigenvalue weighted by Gasteiger charge is 2.33. The van der Waals surface area contributed by atoms with Crippen molar-refractivity contribution in [1.82, 2.24) is 20.0 Å². The number of nitro benzene ring substituents is 1. The summed E-state index contributed by atoms with van der Waals surface area (Å²) < 4.78 is 42.0. The van der Waals surface area contributed by atoms with Crippen LogP contribution in [-0.2, 0) is 23.9 Å². The Bertz CT molecular complexity index is 1590. The van der Waals surface area contributed by atoms with Gasteiger partial charge in [-0.2, -0.15) is 13.2 Å². The lowest BCUT2D eigenvalue weighted by molar-refractivity contribution is -0.384. The van der Waals surface area contributed by atoms with E-state index in [1.807, 2.05) is 17.5 Å². The molecule has 0 fully saturated rings. The van der Waals surface area contributed by atoms with E-state index in [1.165, 1.54) is 40.6 Å². The summed E-state index contributed by atoms with van der Waals surface area (Å²) in [4.78, 5) is 30.3. The van der Waals surface area contributed by atoms with Gasteiger partial charge in [0.1, 0.15) is 0 Å². The van der Waals surface area contributed by atoms with Gasteiger partial charge >= 0.3 is 6.18 Å². The molecule has 2 aromatic heterocycles. The third-order valence-corrected chi connectivity index (χ3v) is 8.54. The number of carbonyl (C=O) groups is 1. The molecule has 2 heterocycles. The maximum Gasteiger partial charge on any atom is 0.416 e. The molecule has 45 heavy (non-hydrogen) atoms. The first-order valence-electron chi connectivity index (χ1n) is 14.3. The van der Waals surface area contributed by atoms with Crippen molar-refractivity contribution in [2.45, 2.75) is 51.7 Å². The third-order valence-electron chi connectivity index (χ3n) is 7.35. The van der Waals surface area contributed by atoms with Crippen molar-refractivity contribution < 1.29 is 22.9 Å². The molecule has 0 saturated heterocycles. The number of nitrogens with one attached hydrogen (secondary N) is 2. The first-order chi connectivity index (χ1) is 21.5. The van der Waals surface area contributed by atoms with Crippen LogP contribution in [0.2, 0.25) is 0 Å². The van der Waals surface area contributed by atoms with Gasteiger partial charge in [-0.3, -0.25) is 14.9 Å². The highest BCUT2D eigenvalue weighted by atomic mass is 32.1. The molecule has 14 heteroatoms. The second-order valence-electron chi connectivity index (χ2n) is 10.6. The van der Waals surface area contributed by atoms with Gasteiger partial charge in [-0.05, 0) is 66.2 Å². The van der Waals surface area contributed by atoms with Gasteiger partial charge in [0.05, 0.1) is 28.4 Å². The number of alkyl halides is 3. The molecule has 1 amide bonds. The molecule has 4 aromatic rings. The average molecular weight is 659 g/mol. The number of anilines is 1. The summed E-state index contributed by atoms with van der Waals surface area (Å²) in [5, 5.41) is 16.9. The van der Waals surface area contributed by atoms with Crippen LogP contribution in [0.5, 0.6) is 0 Å². The van der Waals surface area contributed by atoms with E-state index < -0.39 is 28.5 Å². The quantitative estimate of drug-likeness (QED) is 0.0876. The molecule has 0 radical (unpaired) electrons. The maximum absolute atomic E-state index is 14.4. The topological polar surface area (TPSA) is 105 Å². The standard InChI is InChI=1S/C31H33F3N6O3S2/c1-3-21(2)13-14-36-39(30(44)37-24-7-4-6-23(16-24)31(32,33)34)29(41)27(17-26-8-5-15-45-26)28-18-35-20-38(28)19-22-9-11-25(12-10-22)40(42)43/h4-12,15-16,18,20-21,27,36H,3,13-14,17,19H2,1-2H3,(H,37,44)/t21-,27?/m0/s1. The van der Waals surface area contributed by atoms with Crippen LogP contribution in [0.4, 0.5) is 24.5 Å². The number of thiophene rings is 1. The molecule has 238 valence electrons.